The molecule has 4 rings (SSSR count). The van der Waals surface area contributed by atoms with Crippen LogP contribution in [0.4, 0.5) is 0 Å². The van der Waals surface area contributed by atoms with Crippen molar-refractivity contribution in [1.29, 1.82) is 0 Å². The number of carbonyl (C=O) groups is 2. The Morgan fingerprint density at radius 1 is 1.17 bits per heavy atom. The lowest BCUT2D eigenvalue weighted by Gasteiger charge is -2.14. The van der Waals surface area contributed by atoms with Gasteiger partial charge in [-0.15, -0.1) is 0 Å². The molecule has 0 amide bonds. The van der Waals surface area contributed by atoms with Gasteiger partial charge < -0.3 is 14.3 Å². The number of hydrogen-bond acceptors (Lipinski definition) is 4. The Kier molecular flexibility index (Phi) is 5.38. The highest BCUT2D eigenvalue weighted by Crippen LogP contribution is 2.35. The summed E-state index contributed by atoms with van der Waals surface area (Å²) in [5, 5.41) is 9.89. The highest BCUT2D eigenvalue weighted by atomic mass is 16.5. The molecule has 2 aromatic carbocycles. The van der Waals surface area contributed by atoms with E-state index >= 15 is 0 Å². The first-order chi connectivity index (χ1) is 14.1. The number of fused-ring (bicyclic) bond motifs is 2. The van der Waals surface area contributed by atoms with Gasteiger partial charge in [-0.25, -0.2) is 0 Å². The van der Waals surface area contributed by atoms with Crippen LogP contribution in [0.5, 0.6) is 5.75 Å². The topological polar surface area (TPSA) is 76.7 Å². The molecule has 3 aromatic rings. The summed E-state index contributed by atoms with van der Waals surface area (Å²) in [4.78, 5) is 22.3. The van der Waals surface area contributed by atoms with Crippen molar-refractivity contribution in [3.05, 3.63) is 63.9 Å². The molecule has 0 unspecified atom stereocenters. The Bertz CT molecular complexity index is 1080. The molecule has 150 valence electrons. The number of carboxylic acid groups (broad SMARTS) is 1. The SMILES string of the molecule is CCc1cc2cc(C=O)cc(COc3ccc(CCC(=O)O)c4c3CCC4)c2o1. The summed E-state index contributed by atoms with van der Waals surface area (Å²) in [7, 11) is 0. The summed E-state index contributed by atoms with van der Waals surface area (Å²) in [5.41, 5.74) is 5.75. The Labute approximate surface area is 169 Å². The molecule has 5 nitrogen and oxygen atoms in total. The molecule has 29 heavy (non-hydrogen) atoms. The fourth-order valence-corrected chi connectivity index (χ4v) is 4.17. The quantitative estimate of drug-likeness (QED) is 0.552. The largest absolute Gasteiger partial charge is 0.488 e. The number of carboxylic acids is 1. The van der Waals surface area contributed by atoms with Crippen LogP contribution in [-0.2, 0) is 37.1 Å². The third-order valence-corrected chi connectivity index (χ3v) is 5.58. The molecule has 5 heteroatoms. The summed E-state index contributed by atoms with van der Waals surface area (Å²) in [6.07, 6.45) is 5.28. The van der Waals surface area contributed by atoms with Crippen LogP contribution in [0.25, 0.3) is 11.0 Å². The molecule has 0 spiro atoms. The van der Waals surface area contributed by atoms with Gasteiger partial charge in [0.15, 0.2) is 0 Å². The molecule has 0 fully saturated rings. The smallest absolute Gasteiger partial charge is 0.303 e. The zero-order valence-corrected chi connectivity index (χ0v) is 16.5. The minimum atomic E-state index is -0.777. The first-order valence-corrected chi connectivity index (χ1v) is 10.1. The van der Waals surface area contributed by atoms with Gasteiger partial charge >= 0.3 is 5.97 Å². The molecule has 1 N–H and O–H groups in total. The van der Waals surface area contributed by atoms with Crippen molar-refractivity contribution < 1.29 is 23.8 Å². The van der Waals surface area contributed by atoms with Crippen LogP contribution < -0.4 is 4.74 Å². The second-order valence-electron chi connectivity index (χ2n) is 7.50. The van der Waals surface area contributed by atoms with Gasteiger partial charge in [0, 0.05) is 29.4 Å². The Morgan fingerprint density at radius 2 is 2.00 bits per heavy atom. The van der Waals surface area contributed by atoms with Crippen LogP contribution in [0.2, 0.25) is 0 Å². The van der Waals surface area contributed by atoms with Crippen molar-refractivity contribution in [3.8, 4) is 5.75 Å². The maximum Gasteiger partial charge on any atom is 0.303 e. The average Bonchev–Trinajstić information content (AvgIpc) is 3.37. The third kappa shape index (κ3) is 3.90. The monoisotopic (exact) mass is 392 g/mol. The normalized spacial score (nSPS) is 12.9. The van der Waals surface area contributed by atoms with Gasteiger partial charge in [-0.2, -0.15) is 0 Å². The molecule has 0 saturated heterocycles. The maximum absolute atomic E-state index is 11.3. The van der Waals surface area contributed by atoms with Crippen molar-refractivity contribution in [2.24, 2.45) is 0 Å². The Morgan fingerprint density at radius 3 is 2.76 bits per heavy atom. The molecular formula is C24H24O5. The van der Waals surface area contributed by atoms with Gasteiger partial charge in [0.1, 0.15) is 30.0 Å². The number of rotatable bonds is 8. The number of carbonyl (C=O) groups excluding carboxylic acids is 1. The second kappa shape index (κ2) is 8.11. The van der Waals surface area contributed by atoms with Crippen molar-refractivity contribution in [1.82, 2.24) is 0 Å². The molecule has 0 aliphatic heterocycles. The summed E-state index contributed by atoms with van der Waals surface area (Å²) >= 11 is 0. The van der Waals surface area contributed by atoms with E-state index in [0.29, 0.717) is 18.6 Å². The second-order valence-corrected chi connectivity index (χ2v) is 7.50. The molecule has 1 aromatic heterocycles. The lowest BCUT2D eigenvalue weighted by Crippen LogP contribution is -2.03. The molecule has 1 heterocycles. The molecule has 0 radical (unpaired) electrons. The summed E-state index contributed by atoms with van der Waals surface area (Å²) in [6, 6.07) is 9.56. The van der Waals surface area contributed by atoms with Crippen LogP contribution in [0.3, 0.4) is 0 Å². The van der Waals surface area contributed by atoms with E-state index in [0.717, 1.165) is 65.6 Å². The van der Waals surface area contributed by atoms with Crippen LogP contribution in [0, 0.1) is 0 Å². The first kappa shape index (κ1) is 19.2. The van der Waals surface area contributed by atoms with Crippen LogP contribution in [-0.4, -0.2) is 17.4 Å². The maximum atomic E-state index is 11.3. The number of ether oxygens (including phenoxy) is 1. The molecule has 0 bridgehead atoms. The fourth-order valence-electron chi connectivity index (χ4n) is 4.17. The predicted octanol–water partition coefficient (Wildman–Crippen LogP) is 4.89. The standard InChI is InChI=1S/C24H24O5/c1-2-19-12-17-10-15(13-25)11-18(24(17)29-19)14-28-22-8-6-16(7-9-23(26)27)20-4-3-5-21(20)22/h6,8,10-13H,2-5,7,9,14H2,1H3,(H,26,27). The van der Waals surface area contributed by atoms with E-state index in [-0.39, 0.29) is 6.42 Å². The summed E-state index contributed by atoms with van der Waals surface area (Å²) in [5.74, 6) is 0.942. The van der Waals surface area contributed by atoms with E-state index < -0.39 is 5.97 Å². The number of aliphatic carboxylic acids is 1. The summed E-state index contributed by atoms with van der Waals surface area (Å²) in [6.45, 7) is 2.35. The molecule has 0 atom stereocenters. The third-order valence-electron chi connectivity index (χ3n) is 5.58. The van der Waals surface area contributed by atoms with E-state index in [1.807, 2.05) is 37.3 Å². The number of benzene rings is 2. The number of aldehydes is 1. The van der Waals surface area contributed by atoms with Crippen LogP contribution >= 0.6 is 0 Å². The zero-order valence-electron chi connectivity index (χ0n) is 16.5. The minimum absolute atomic E-state index is 0.140. The Balaban J connectivity index is 1.61. The van der Waals surface area contributed by atoms with Crippen LogP contribution in [0.1, 0.15) is 58.1 Å². The van der Waals surface area contributed by atoms with E-state index in [1.54, 1.807) is 0 Å². The van der Waals surface area contributed by atoms with Crippen molar-refractivity contribution >= 4 is 23.2 Å². The predicted molar refractivity (Wildman–Crippen MR) is 110 cm³/mol. The van der Waals surface area contributed by atoms with Gasteiger partial charge in [0.25, 0.3) is 0 Å². The van der Waals surface area contributed by atoms with E-state index in [2.05, 4.69) is 0 Å². The van der Waals surface area contributed by atoms with E-state index in [9.17, 15) is 9.59 Å². The van der Waals surface area contributed by atoms with Crippen molar-refractivity contribution in [3.63, 3.8) is 0 Å². The number of hydrogen-bond donors (Lipinski definition) is 1. The highest BCUT2D eigenvalue weighted by Gasteiger charge is 2.20. The Hall–Kier alpha value is -3.08. The number of furan rings is 1. The lowest BCUT2D eigenvalue weighted by atomic mass is 9.98. The minimum Gasteiger partial charge on any atom is -0.488 e. The zero-order chi connectivity index (χ0) is 20.4. The summed E-state index contributed by atoms with van der Waals surface area (Å²) < 4.78 is 12.1. The van der Waals surface area contributed by atoms with Gasteiger partial charge in [-0.05, 0) is 66.6 Å². The van der Waals surface area contributed by atoms with Crippen LogP contribution in [0.15, 0.2) is 34.7 Å². The number of aryl methyl sites for hydroxylation is 2. The van der Waals surface area contributed by atoms with E-state index in [4.69, 9.17) is 14.3 Å². The molecular weight excluding hydrogens is 368 g/mol. The molecule has 0 saturated carbocycles. The van der Waals surface area contributed by atoms with Crippen molar-refractivity contribution in [2.45, 2.75) is 52.1 Å². The lowest BCUT2D eigenvalue weighted by molar-refractivity contribution is -0.136. The molecule has 1 aliphatic rings. The first-order valence-electron chi connectivity index (χ1n) is 10.1. The van der Waals surface area contributed by atoms with Crippen molar-refractivity contribution in [2.75, 3.05) is 0 Å². The fraction of sp³-hybridized carbons (Fsp3) is 0.333. The van der Waals surface area contributed by atoms with Gasteiger partial charge in [0.2, 0.25) is 0 Å². The average molecular weight is 392 g/mol. The molecule has 1 aliphatic carbocycles. The van der Waals surface area contributed by atoms with Gasteiger partial charge in [0.05, 0.1) is 0 Å². The van der Waals surface area contributed by atoms with Gasteiger partial charge in [-0.1, -0.05) is 13.0 Å². The van der Waals surface area contributed by atoms with Gasteiger partial charge in [-0.3, -0.25) is 9.59 Å². The highest BCUT2D eigenvalue weighted by molar-refractivity contribution is 5.88. The van der Waals surface area contributed by atoms with E-state index in [1.165, 1.54) is 11.1 Å².